The number of nitrogens with two attached hydrogens (primary N) is 1. The standard InChI is InChI=1S/C12H16F2N2O3S/c13-9-5-10(14)12(6-11(9)15)20(18,19)16-4-2-1-3-8(16)7-17/h5-6,8,17H,1-4,7,15H2. The molecule has 1 heterocycles. The lowest BCUT2D eigenvalue weighted by Gasteiger charge is -2.33. The summed E-state index contributed by atoms with van der Waals surface area (Å²) in [4.78, 5) is -0.656. The number of piperidine rings is 1. The second-order valence-electron chi connectivity index (χ2n) is 4.75. The Morgan fingerprint density at radius 2 is 2.00 bits per heavy atom. The van der Waals surface area contributed by atoms with Crippen LogP contribution in [0, 0.1) is 11.6 Å². The summed E-state index contributed by atoms with van der Waals surface area (Å²) in [5.41, 5.74) is 4.88. The van der Waals surface area contributed by atoms with Gasteiger partial charge in [0.25, 0.3) is 0 Å². The molecule has 1 saturated heterocycles. The summed E-state index contributed by atoms with van der Waals surface area (Å²) < 4.78 is 52.8. The third-order valence-electron chi connectivity index (χ3n) is 3.42. The molecule has 0 aromatic heterocycles. The summed E-state index contributed by atoms with van der Waals surface area (Å²) in [6.45, 7) is -0.137. The summed E-state index contributed by atoms with van der Waals surface area (Å²) in [7, 11) is -4.14. The van der Waals surface area contributed by atoms with Crippen molar-refractivity contribution in [1.29, 1.82) is 0 Å². The Morgan fingerprint density at radius 3 is 2.65 bits per heavy atom. The third-order valence-corrected chi connectivity index (χ3v) is 5.39. The Kier molecular flexibility index (Phi) is 4.26. The van der Waals surface area contributed by atoms with Crippen LogP contribution in [0.25, 0.3) is 0 Å². The van der Waals surface area contributed by atoms with Crippen molar-refractivity contribution in [3.8, 4) is 0 Å². The molecule has 1 unspecified atom stereocenters. The lowest BCUT2D eigenvalue weighted by atomic mass is 10.1. The largest absolute Gasteiger partial charge is 0.396 e. The highest BCUT2D eigenvalue weighted by Crippen LogP contribution is 2.28. The predicted molar refractivity (Wildman–Crippen MR) is 69.4 cm³/mol. The first-order chi connectivity index (χ1) is 9.37. The van der Waals surface area contributed by atoms with E-state index in [2.05, 4.69) is 0 Å². The molecule has 0 spiro atoms. The average molecular weight is 306 g/mol. The van der Waals surface area contributed by atoms with Gasteiger partial charge in [0.15, 0.2) is 0 Å². The molecule has 112 valence electrons. The molecule has 1 aromatic carbocycles. The molecule has 1 aliphatic rings. The smallest absolute Gasteiger partial charge is 0.246 e. The highest BCUT2D eigenvalue weighted by molar-refractivity contribution is 7.89. The molecule has 0 radical (unpaired) electrons. The van der Waals surface area contributed by atoms with Crippen LogP contribution in [-0.4, -0.2) is 37.0 Å². The highest BCUT2D eigenvalue weighted by atomic mass is 32.2. The van der Waals surface area contributed by atoms with Crippen molar-refractivity contribution in [3.63, 3.8) is 0 Å². The number of halogens is 2. The number of sulfonamides is 1. The zero-order valence-electron chi connectivity index (χ0n) is 10.7. The van der Waals surface area contributed by atoms with E-state index in [1.54, 1.807) is 0 Å². The first-order valence-electron chi connectivity index (χ1n) is 6.25. The number of rotatable bonds is 3. The van der Waals surface area contributed by atoms with Crippen molar-refractivity contribution in [3.05, 3.63) is 23.8 Å². The van der Waals surface area contributed by atoms with Gasteiger partial charge >= 0.3 is 0 Å². The first kappa shape index (κ1) is 15.1. The highest BCUT2D eigenvalue weighted by Gasteiger charge is 2.35. The number of hydrogen-bond acceptors (Lipinski definition) is 4. The SMILES string of the molecule is Nc1cc(S(=O)(=O)N2CCCCC2CO)c(F)cc1F. The van der Waals surface area contributed by atoms with E-state index >= 15 is 0 Å². The van der Waals surface area contributed by atoms with E-state index < -0.39 is 38.3 Å². The number of benzene rings is 1. The Morgan fingerprint density at radius 1 is 1.30 bits per heavy atom. The minimum absolute atomic E-state index is 0.199. The van der Waals surface area contributed by atoms with Gasteiger partial charge in [-0.05, 0) is 18.9 Å². The molecular formula is C12H16F2N2O3S. The zero-order chi connectivity index (χ0) is 14.9. The Bertz CT molecular complexity index is 607. The molecule has 1 aliphatic heterocycles. The van der Waals surface area contributed by atoms with Gasteiger partial charge in [-0.2, -0.15) is 4.31 Å². The Balaban J connectivity index is 2.46. The van der Waals surface area contributed by atoms with Gasteiger partial charge in [0.2, 0.25) is 10.0 Å². The normalized spacial score (nSPS) is 21.1. The van der Waals surface area contributed by atoms with Gasteiger partial charge in [-0.1, -0.05) is 6.42 Å². The van der Waals surface area contributed by atoms with Crippen molar-refractivity contribution in [2.24, 2.45) is 0 Å². The fraction of sp³-hybridized carbons (Fsp3) is 0.500. The molecule has 1 fully saturated rings. The average Bonchev–Trinajstić information content (AvgIpc) is 2.42. The number of nitrogens with zero attached hydrogens (tertiary/aromatic N) is 1. The van der Waals surface area contributed by atoms with Crippen LogP contribution in [0.4, 0.5) is 14.5 Å². The van der Waals surface area contributed by atoms with Gasteiger partial charge in [-0.15, -0.1) is 0 Å². The van der Waals surface area contributed by atoms with E-state index in [1.165, 1.54) is 0 Å². The Hall–Kier alpha value is -1.25. The lowest BCUT2D eigenvalue weighted by Crippen LogP contribution is -2.45. The maximum Gasteiger partial charge on any atom is 0.246 e. The minimum Gasteiger partial charge on any atom is -0.396 e. The maximum absolute atomic E-state index is 13.7. The molecule has 8 heteroatoms. The quantitative estimate of drug-likeness (QED) is 0.819. The van der Waals surface area contributed by atoms with Crippen molar-refractivity contribution in [1.82, 2.24) is 4.31 Å². The van der Waals surface area contributed by atoms with E-state index in [0.29, 0.717) is 18.9 Å². The number of anilines is 1. The molecule has 0 saturated carbocycles. The van der Waals surface area contributed by atoms with Crippen molar-refractivity contribution in [2.75, 3.05) is 18.9 Å². The second-order valence-corrected chi connectivity index (χ2v) is 6.61. The summed E-state index contributed by atoms with van der Waals surface area (Å²) in [5, 5.41) is 9.26. The molecule has 5 nitrogen and oxygen atoms in total. The monoisotopic (exact) mass is 306 g/mol. The van der Waals surface area contributed by atoms with Crippen molar-refractivity contribution in [2.45, 2.75) is 30.2 Å². The van der Waals surface area contributed by atoms with Crippen LogP contribution in [0.1, 0.15) is 19.3 Å². The number of hydrogen-bond donors (Lipinski definition) is 2. The summed E-state index contributed by atoms with van der Waals surface area (Å²) in [6.07, 6.45) is 1.94. The minimum atomic E-state index is -4.14. The number of aliphatic hydroxyl groups is 1. The van der Waals surface area contributed by atoms with E-state index in [-0.39, 0.29) is 13.2 Å². The van der Waals surface area contributed by atoms with Crippen molar-refractivity contribution >= 4 is 15.7 Å². The Labute approximate surface area is 116 Å². The van der Waals surface area contributed by atoms with E-state index in [0.717, 1.165) is 16.8 Å². The van der Waals surface area contributed by atoms with Gasteiger partial charge in [-0.25, -0.2) is 17.2 Å². The fourth-order valence-corrected chi connectivity index (χ4v) is 4.11. The zero-order valence-corrected chi connectivity index (χ0v) is 11.5. The van der Waals surface area contributed by atoms with Crippen LogP contribution < -0.4 is 5.73 Å². The van der Waals surface area contributed by atoms with Gasteiger partial charge in [0.05, 0.1) is 12.3 Å². The molecule has 2 rings (SSSR count). The predicted octanol–water partition coefficient (Wildman–Crippen LogP) is 1.08. The second kappa shape index (κ2) is 5.63. The van der Waals surface area contributed by atoms with Crippen LogP contribution in [0.15, 0.2) is 17.0 Å². The molecule has 0 aliphatic carbocycles. The molecule has 1 atom stereocenters. The van der Waals surface area contributed by atoms with Gasteiger partial charge in [-0.3, -0.25) is 0 Å². The molecular weight excluding hydrogens is 290 g/mol. The van der Waals surface area contributed by atoms with Gasteiger partial charge in [0.1, 0.15) is 16.5 Å². The van der Waals surface area contributed by atoms with E-state index in [9.17, 15) is 22.3 Å². The lowest BCUT2D eigenvalue weighted by molar-refractivity contribution is 0.155. The maximum atomic E-state index is 13.7. The summed E-state index contributed by atoms with van der Waals surface area (Å²) in [6, 6.07) is 0.655. The third kappa shape index (κ3) is 2.63. The molecule has 1 aromatic rings. The van der Waals surface area contributed by atoms with Crippen LogP contribution in [0.3, 0.4) is 0 Å². The molecule has 0 bridgehead atoms. The molecule has 0 amide bonds. The number of aliphatic hydroxyl groups excluding tert-OH is 1. The first-order valence-corrected chi connectivity index (χ1v) is 7.69. The fourth-order valence-electron chi connectivity index (χ4n) is 2.34. The van der Waals surface area contributed by atoms with Gasteiger partial charge < -0.3 is 10.8 Å². The van der Waals surface area contributed by atoms with Crippen molar-refractivity contribution < 1.29 is 22.3 Å². The van der Waals surface area contributed by atoms with Crippen LogP contribution in [0.5, 0.6) is 0 Å². The topological polar surface area (TPSA) is 83.6 Å². The van der Waals surface area contributed by atoms with Crippen LogP contribution in [-0.2, 0) is 10.0 Å². The number of nitrogen functional groups attached to an aromatic ring is 1. The summed E-state index contributed by atoms with van der Waals surface area (Å²) >= 11 is 0. The molecule has 20 heavy (non-hydrogen) atoms. The summed E-state index contributed by atoms with van der Waals surface area (Å²) in [5.74, 6) is -2.18. The van der Waals surface area contributed by atoms with Crippen LogP contribution >= 0.6 is 0 Å². The van der Waals surface area contributed by atoms with Crippen LogP contribution in [0.2, 0.25) is 0 Å². The van der Waals surface area contributed by atoms with Gasteiger partial charge in [0, 0.05) is 18.7 Å². The van der Waals surface area contributed by atoms with E-state index in [1.807, 2.05) is 0 Å². The molecule has 3 N–H and O–H groups in total. The van der Waals surface area contributed by atoms with E-state index in [4.69, 9.17) is 5.73 Å².